The van der Waals surface area contributed by atoms with E-state index in [1.165, 1.54) is 0 Å². The Morgan fingerprint density at radius 3 is 2.65 bits per heavy atom. The fraction of sp³-hybridized carbons (Fsp3) is 0.562. The van der Waals surface area contributed by atoms with Crippen molar-refractivity contribution >= 4 is 27.6 Å². The van der Waals surface area contributed by atoms with E-state index in [4.69, 9.17) is 0 Å². The van der Waals surface area contributed by atoms with Crippen molar-refractivity contribution in [3.63, 3.8) is 0 Å². The molecule has 1 aliphatic carbocycles. The maximum Gasteiger partial charge on any atom is 0.329 e. The molecular formula is C16H22BrNO2. The lowest BCUT2D eigenvalue weighted by atomic mass is 9.83. The topological polar surface area (TPSA) is 49.3 Å². The average molecular weight is 340 g/mol. The molecule has 0 saturated heterocycles. The lowest BCUT2D eigenvalue weighted by Crippen LogP contribution is -2.46. The summed E-state index contributed by atoms with van der Waals surface area (Å²) < 4.78 is 0.956. The Hall–Kier alpha value is -1.03. The highest BCUT2D eigenvalue weighted by atomic mass is 79.9. The van der Waals surface area contributed by atoms with Gasteiger partial charge in [0.1, 0.15) is 5.54 Å². The van der Waals surface area contributed by atoms with E-state index in [0.29, 0.717) is 12.8 Å². The number of halogens is 1. The van der Waals surface area contributed by atoms with Gasteiger partial charge in [0, 0.05) is 10.2 Å². The van der Waals surface area contributed by atoms with Gasteiger partial charge in [-0.05, 0) is 55.7 Å². The molecular weight excluding hydrogens is 318 g/mol. The van der Waals surface area contributed by atoms with E-state index in [1.54, 1.807) is 0 Å². The molecule has 1 fully saturated rings. The molecule has 0 spiro atoms. The standard InChI is InChI=1S/C16H22BrNO2/c1-15(2)7-4-8-16(10-9-15,14(19)20)18-13-6-3-5-12(17)11-13/h3,5-6,11,18H,4,7-10H2,1-2H3,(H,19,20). The fourth-order valence-corrected chi connectivity index (χ4v) is 3.30. The zero-order valence-corrected chi connectivity index (χ0v) is 13.7. The monoisotopic (exact) mass is 339 g/mol. The zero-order chi connectivity index (χ0) is 14.8. The molecule has 20 heavy (non-hydrogen) atoms. The third-order valence-electron chi connectivity index (χ3n) is 4.30. The highest BCUT2D eigenvalue weighted by Crippen LogP contribution is 2.40. The van der Waals surface area contributed by atoms with Crippen molar-refractivity contribution in [3.8, 4) is 0 Å². The van der Waals surface area contributed by atoms with Crippen LogP contribution >= 0.6 is 15.9 Å². The molecule has 4 heteroatoms. The number of carbonyl (C=O) groups is 1. The van der Waals surface area contributed by atoms with Gasteiger partial charge in [0.05, 0.1) is 0 Å². The number of rotatable bonds is 3. The minimum Gasteiger partial charge on any atom is -0.480 e. The lowest BCUT2D eigenvalue weighted by Gasteiger charge is -2.31. The quantitative estimate of drug-likeness (QED) is 0.786. The first-order valence-electron chi connectivity index (χ1n) is 7.10. The minimum absolute atomic E-state index is 0.232. The smallest absolute Gasteiger partial charge is 0.329 e. The van der Waals surface area contributed by atoms with E-state index in [0.717, 1.165) is 29.4 Å². The summed E-state index contributed by atoms with van der Waals surface area (Å²) in [7, 11) is 0. The molecule has 0 radical (unpaired) electrons. The number of nitrogens with one attached hydrogen (secondary N) is 1. The fourth-order valence-electron chi connectivity index (χ4n) is 2.91. The summed E-state index contributed by atoms with van der Waals surface area (Å²) in [4.78, 5) is 11.9. The van der Waals surface area contributed by atoms with Gasteiger partial charge in [-0.3, -0.25) is 0 Å². The molecule has 110 valence electrons. The van der Waals surface area contributed by atoms with Crippen LogP contribution in [0.3, 0.4) is 0 Å². The Kier molecular flexibility index (Phi) is 4.43. The third kappa shape index (κ3) is 3.54. The Labute approximate surface area is 128 Å². The molecule has 1 aromatic carbocycles. The number of carboxylic acids is 1. The van der Waals surface area contributed by atoms with Crippen LogP contribution in [0.5, 0.6) is 0 Å². The number of hydrogen-bond donors (Lipinski definition) is 2. The van der Waals surface area contributed by atoms with Gasteiger partial charge in [0.25, 0.3) is 0 Å². The SMILES string of the molecule is CC1(C)CCCC(Nc2cccc(Br)c2)(C(=O)O)CC1. The predicted molar refractivity (Wildman–Crippen MR) is 85.0 cm³/mol. The van der Waals surface area contributed by atoms with E-state index >= 15 is 0 Å². The number of anilines is 1. The largest absolute Gasteiger partial charge is 0.480 e. The number of benzene rings is 1. The molecule has 0 bridgehead atoms. The van der Waals surface area contributed by atoms with Gasteiger partial charge in [-0.15, -0.1) is 0 Å². The van der Waals surface area contributed by atoms with E-state index in [1.807, 2.05) is 24.3 Å². The van der Waals surface area contributed by atoms with E-state index < -0.39 is 11.5 Å². The van der Waals surface area contributed by atoms with Gasteiger partial charge in [-0.1, -0.05) is 35.8 Å². The van der Waals surface area contributed by atoms with Crippen molar-refractivity contribution in [2.24, 2.45) is 5.41 Å². The van der Waals surface area contributed by atoms with Gasteiger partial charge in [0.15, 0.2) is 0 Å². The summed E-state index contributed by atoms with van der Waals surface area (Å²) in [5, 5.41) is 13.0. The van der Waals surface area contributed by atoms with Crippen molar-refractivity contribution < 1.29 is 9.90 Å². The molecule has 2 rings (SSSR count). The van der Waals surface area contributed by atoms with Crippen LogP contribution in [-0.4, -0.2) is 16.6 Å². The van der Waals surface area contributed by atoms with Crippen molar-refractivity contribution in [1.82, 2.24) is 0 Å². The summed E-state index contributed by atoms with van der Waals surface area (Å²) in [5.74, 6) is -0.741. The second-order valence-corrected chi connectivity index (χ2v) is 7.46. The summed E-state index contributed by atoms with van der Waals surface area (Å²) in [5.41, 5.74) is 0.256. The average Bonchev–Trinajstić information content (AvgIpc) is 2.49. The van der Waals surface area contributed by atoms with Crippen molar-refractivity contribution in [2.45, 2.75) is 51.5 Å². The van der Waals surface area contributed by atoms with Gasteiger partial charge >= 0.3 is 5.97 Å². The molecule has 3 nitrogen and oxygen atoms in total. The van der Waals surface area contributed by atoms with Crippen molar-refractivity contribution in [2.75, 3.05) is 5.32 Å². The Morgan fingerprint density at radius 2 is 2.00 bits per heavy atom. The highest BCUT2D eigenvalue weighted by Gasteiger charge is 2.41. The van der Waals surface area contributed by atoms with Gasteiger partial charge in [-0.25, -0.2) is 4.79 Å². The number of carboxylic acid groups (broad SMARTS) is 1. The van der Waals surface area contributed by atoms with E-state index in [9.17, 15) is 9.90 Å². The Balaban J connectivity index is 2.24. The minimum atomic E-state index is -0.839. The van der Waals surface area contributed by atoms with Gasteiger partial charge < -0.3 is 10.4 Å². The van der Waals surface area contributed by atoms with Crippen molar-refractivity contribution in [1.29, 1.82) is 0 Å². The van der Waals surface area contributed by atoms with Crippen LogP contribution < -0.4 is 5.32 Å². The van der Waals surface area contributed by atoms with Crippen LogP contribution in [0.15, 0.2) is 28.7 Å². The van der Waals surface area contributed by atoms with Crippen LogP contribution in [0, 0.1) is 5.41 Å². The second-order valence-electron chi connectivity index (χ2n) is 6.54. The lowest BCUT2D eigenvalue weighted by molar-refractivity contribution is -0.142. The Bertz CT molecular complexity index is 501. The predicted octanol–water partition coefficient (Wildman–Crippen LogP) is 4.67. The molecule has 1 aliphatic rings. The first kappa shape index (κ1) is 15.4. The van der Waals surface area contributed by atoms with Gasteiger partial charge in [0.2, 0.25) is 0 Å². The first-order valence-corrected chi connectivity index (χ1v) is 7.90. The normalized spacial score (nSPS) is 25.8. The molecule has 0 aromatic heterocycles. The maximum absolute atomic E-state index is 11.9. The molecule has 1 saturated carbocycles. The van der Waals surface area contributed by atoms with Crippen LogP contribution in [0.2, 0.25) is 0 Å². The van der Waals surface area contributed by atoms with E-state index in [2.05, 4.69) is 35.1 Å². The molecule has 1 aromatic rings. The first-order chi connectivity index (χ1) is 9.33. The Morgan fingerprint density at radius 1 is 1.25 bits per heavy atom. The molecule has 0 aliphatic heterocycles. The number of hydrogen-bond acceptors (Lipinski definition) is 2. The molecule has 1 unspecified atom stereocenters. The summed E-state index contributed by atoms with van der Waals surface area (Å²) in [6, 6.07) is 7.71. The molecule has 0 amide bonds. The third-order valence-corrected chi connectivity index (χ3v) is 4.80. The van der Waals surface area contributed by atoms with Crippen LogP contribution in [0.25, 0.3) is 0 Å². The molecule has 0 heterocycles. The van der Waals surface area contributed by atoms with E-state index in [-0.39, 0.29) is 5.41 Å². The maximum atomic E-state index is 11.9. The van der Waals surface area contributed by atoms with Crippen LogP contribution in [0.4, 0.5) is 5.69 Å². The number of aliphatic carboxylic acids is 1. The highest BCUT2D eigenvalue weighted by molar-refractivity contribution is 9.10. The second kappa shape index (κ2) is 5.76. The molecule has 2 N–H and O–H groups in total. The summed E-state index contributed by atoms with van der Waals surface area (Å²) >= 11 is 3.43. The zero-order valence-electron chi connectivity index (χ0n) is 12.1. The van der Waals surface area contributed by atoms with Crippen LogP contribution in [-0.2, 0) is 4.79 Å². The summed E-state index contributed by atoms with van der Waals surface area (Å²) in [6.45, 7) is 4.45. The molecule has 1 atom stereocenters. The van der Waals surface area contributed by atoms with Gasteiger partial charge in [-0.2, -0.15) is 0 Å². The summed E-state index contributed by atoms with van der Waals surface area (Å²) in [6.07, 6.45) is 4.31. The van der Waals surface area contributed by atoms with Crippen LogP contribution in [0.1, 0.15) is 46.0 Å². The van der Waals surface area contributed by atoms with Crippen molar-refractivity contribution in [3.05, 3.63) is 28.7 Å².